The molecule has 1 aliphatic rings. The average molecular weight is 285 g/mol. The number of nitrogens with zero attached hydrogens (tertiary/aromatic N) is 2. The van der Waals surface area contributed by atoms with Gasteiger partial charge in [0, 0.05) is 30.5 Å². The number of aliphatic hydroxyl groups is 1. The fraction of sp³-hybridized carbons (Fsp3) is 0.200. The van der Waals surface area contributed by atoms with Gasteiger partial charge in [-0.2, -0.15) is 0 Å². The van der Waals surface area contributed by atoms with Gasteiger partial charge in [-0.05, 0) is 23.6 Å². The Hall–Kier alpha value is -2.60. The van der Waals surface area contributed by atoms with Gasteiger partial charge in [0.15, 0.2) is 0 Å². The Morgan fingerprint density at radius 1 is 1.24 bits per heavy atom. The van der Waals surface area contributed by atoms with E-state index >= 15 is 0 Å². The third kappa shape index (κ3) is 2.30. The van der Waals surface area contributed by atoms with Gasteiger partial charge in [0.25, 0.3) is 11.8 Å². The molecule has 21 heavy (non-hydrogen) atoms. The third-order valence-corrected chi connectivity index (χ3v) is 3.50. The fourth-order valence-corrected chi connectivity index (χ4v) is 2.41. The lowest BCUT2D eigenvalue weighted by molar-refractivity contribution is -0.137. The molecule has 0 spiro atoms. The van der Waals surface area contributed by atoms with E-state index in [4.69, 9.17) is 5.11 Å². The molecule has 0 saturated carbocycles. The van der Waals surface area contributed by atoms with E-state index < -0.39 is 11.8 Å². The molecule has 0 aliphatic carbocycles. The van der Waals surface area contributed by atoms with Gasteiger partial charge in [0.2, 0.25) is 0 Å². The van der Waals surface area contributed by atoms with Gasteiger partial charge in [-0.1, -0.05) is 6.07 Å². The molecule has 1 aliphatic heterocycles. The predicted octanol–water partition coefficient (Wildman–Crippen LogP) is 0.835. The van der Waals surface area contributed by atoms with Crippen LogP contribution in [0.3, 0.4) is 0 Å². The zero-order valence-electron chi connectivity index (χ0n) is 11.5. The first-order valence-corrected chi connectivity index (χ1v) is 6.60. The van der Waals surface area contributed by atoms with Crippen LogP contribution in [0.5, 0.6) is 0 Å². The lowest BCUT2D eigenvalue weighted by Crippen LogP contribution is -2.34. The monoisotopic (exact) mass is 285 g/mol. The SMILES string of the molecule is Cn1ccc2ccc(NC3=CC(=O)N(CCO)C3=O)cc21. The number of imide groups is 1. The summed E-state index contributed by atoms with van der Waals surface area (Å²) in [5.74, 6) is -0.822. The Balaban J connectivity index is 1.85. The Labute approximate surface area is 121 Å². The molecule has 0 fully saturated rings. The number of aromatic nitrogens is 1. The van der Waals surface area contributed by atoms with Crippen molar-refractivity contribution in [3.63, 3.8) is 0 Å². The number of benzene rings is 1. The number of aliphatic hydroxyl groups excluding tert-OH is 1. The van der Waals surface area contributed by atoms with Gasteiger partial charge >= 0.3 is 0 Å². The average Bonchev–Trinajstić information content (AvgIpc) is 2.95. The van der Waals surface area contributed by atoms with Crippen molar-refractivity contribution in [2.45, 2.75) is 0 Å². The van der Waals surface area contributed by atoms with Crippen molar-refractivity contribution < 1.29 is 14.7 Å². The maximum absolute atomic E-state index is 12.0. The molecule has 2 amide bonds. The largest absolute Gasteiger partial charge is 0.395 e. The van der Waals surface area contributed by atoms with Gasteiger partial charge in [-0.3, -0.25) is 14.5 Å². The van der Waals surface area contributed by atoms with Crippen molar-refractivity contribution in [1.82, 2.24) is 9.47 Å². The maximum atomic E-state index is 12.0. The molecule has 0 saturated heterocycles. The smallest absolute Gasteiger partial charge is 0.277 e. The first-order valence-electron chi connectivity index (χ1n) is 6.60. The minimum absolute atomic E-state index is 0.0101. The summed E-state index contributed by atoms with van der Waals surface area (Å²) in [5.41, 5.74) is 1.99. The van der Waals surface area contributed by atoms with Crippen LogP contribution in [0, 0.1) is 0 Å². The van der Waals surface area contributed by atoms with Crippen molar-refractivity contribution in [3.8, 4) is 0 Å². The topological polar surface area (TPSA) is 74.6 Å². The van der Waals surface area contributed by atoms with Gasteiger partial charge < -0.3 is 15.0 Å². The molecule has 1 aromatic heterocycles. The number of amides is 2. The molecule has 1 aromatic carbocycles. The zero-order chi connectivity index (χ0) is 15.0. The van der Waals surface area contributed by atoms with Crippen LogP contribution in [0.25, 0.3) is 10.9 Å². The third-order valence-electron chi connectivity index (χ3n) is 3.50. The van der Waals surface area contributed by atoms with E-state index in [1.807, 2.05) is 42.1 Å². The van der Waals surface area contributed by atoms with Crippen LogP contribution >= 0.6 is 0 Å². The maximum Gasteiger partial charge on any atom is 0.277 e. The fourth-order valence-electron chi connectivity index (χ4n) is 2.41. The second-order valence-corrected chi connectivity index (χ2v) is 4.90. The normalized spacial score (nSPS) is 15.0. The van der Waals surface area contributed by atoms with Crippen molar-refractivity contribution in [3.05, 3.63) is 42.2 Å². The van der Waals surface area contributed by atoms with Crippen molar-refractivity contribution in [2.24, 2.45) is 7.05 Å². The lowest BCUT2D eigenvalue weighted by Gasteiger charge is -2.13. The molecular weight excluding hydrogens is 270 g/mol. The Bertz CT molecular complexity index is 761. The molecule has 6 heteroatoms. The first-order chi connectivity index (χ1) is 10.1. The van der Waals surface area contributed by atoms with E-state index in [9.17, 15) is 9.59 Å². The van der Waals surface area contributed by atoms with E-state index in [0.29, 0.717) is 0 Å². The number of nitrogens with one attached hydrogen (secondary N) is 1. The number of hydrogen-bond donors (Lipinski definition) is 2. The van der Waals surface area contributed by atoms with Crippen LogP contribution in [-0.2, 0) is 16.6 Å². The molecule has 3 rings (SSSR count). The highest BCUT2D eigenvalue weighted by Crippen LogP contribution is 2.22. The summed E-state index contributed by atoms with van der Waals surface area (Å²) < 4.78 is 1.98. The number of anilines is 1. The number of rotatable bonds is 4. The van der Waals surface area contributed by atoms with E-state index in [0.717, 1.165) is 21.5 Å². The van der Waals surface area contributed by atoms with Gasteiger partial charge in [0.05, 0.1) is 13.2 Å². The highest BCUT2D eigenvalue weighted by Gasteiger charge is 2.30. The summed E-state index contributed by atoms with van der Waals surface area (Å²) in [7, 11) is 1.94. The second kappa shape index (κ2) is 5.06. The van der Waals surface area contributed by atoms with Crippen molar-refractivity contribution >= 4 is 28.4 Å². The van der Waals surface area contributed by atoms with Gasteiger partial charge in [-0.25, -0.2) is 0 Å². The number of β-amino-alcohol motifs (C(OH)–C–C–N with tert-alkyl or cyclic N) is 1. The van der Waals surface area contributed by atoms with Crippen LogP contribution in [0.1, 0.15) is 0 Å². The van der Waals surface area contributed by atoms with Crippen LogP contribution < -0.4 is 5.32 Å². The zero-order valence-corrected chi connectivity index (χ0v) is 11.5. The van der Waals surface area contributed by atoms with E-state index in [1.165, 1.54) is 6.08 Å². The predicted molar refractivity (Wildman–Crippen MR) is 78.4 cm³/mol. The number of carbonyl (C=O) groups excluding carboxylic acids is 2. The molecule has 0 radical (unpaired) electrons. The number of fused-ring (bicyclic) bond motifs is 1. The number of hydrogen-bond acceptors (Lipinski definition) is 4. The molecule has 0 atom stereocenters. The second-order valence-electron chi connectivity index (χ2n) is 4.90. The molecule has 2 heterocycles. The van der Waals surface area contributed by atoms with Crippen LogP contribution in [0.4, 0.5) is 5.69 Å². The van der Waals surface area contributed by atoms with E-state index in [1.54, 1.807) is 0 Å². The highest BCUT2D eigenvalue weighted by molar-refractivity contribution is 6.17. The summed E-state index contributed by atoms with van der Waals surface area (Å²) >= 11 is 0. The van der Waals surface area contributed by atoms with E-state index in [-0.39, 0.29) is 18.8 Å². The standard InChI is InChI=1S/C15H15N3O3/c1-17-5-4-10-2-3-11(8-13(10)17)16-12-9-14(20)18(6-7-19)15(12)21/h2-5,8-9,16,19H,6-7H2,1H3. The molecule has 2 aromatic rings. The summed E-state index contributed by atoms with van der Waals surface area (Å²) in [4.78, 5) is 24.7. The summed E-state index contributed by atoms with van der Waals surface area (Å²) in [6.07, 6.45) is 3.22. The van der Waals surface area contributed by atoms with Gasteiger partial charge in [-0.15, -0.1) is 0 Å². The van der Waals surface area contributed by atoms with Gasteiger partial charge in [0.1, 0.15) is 5.70 Å². The van der Waals surface area contributed by atoms with Crippen molar-refractivity contribution in [2.75, 3.05) is 18.5 Å². The summed E-state index contributed by atoms with van der Waals surface area (Å²) in [5, 5.41) is 12.9. The number of aryl methyl sites for hydroxylation is 1. The van der Waals surface area contributed by atoms with Crippen LogP contribution in [0.15, 0.2) is 42.2 Å². The van der Waals surface area contributed by atoms with E-state index in [2.05, 4.69) is 5.32 Å². The lowest BCUT2D eigenvalue weighted by atomic mass is 10.2. The molecule has 0 unspecified atom stereocenters. The Morgan fingerprint density at radius 3 is 2.81 bits per heavy atom. The molecule has 2 N–H and O–H groups in total. The molecular formula is C15H15N3O3. The minimum atomic E-state index is -0.416. The van der Waals surface area contributed by atoms with Crippen LogP contribution in [0.2, 0.25) is 0 Å². The summed E-state index contributed by atoms with van der Waals surface area (Å²) in [6, 6.07) is 7.73. The Morgan fingerprint density at radius 2 is 2.05 bits per heavy atom. The number of carbonyl (C=O) groups is 2. The molecule has 108 valence electrons. The molecule has 0 bridgehead atoms. The quantitative estimate of drug-likeness (QED) is 0.816. The summed E-state index contributed by atoms with van der Waals surface area (Å²) in [6.45, 7) is -0.232. The van der Waals surface area contributed by atoms with Crippen molar-refractivity contribution in [1.29, 1.82) is 0 Å². The highest BCUT2D eigenvalue weighted by atomic mass is 16.3. The van der Waals surface area contributed by atoms with Crippen LogP contribution in [-0.4, -0.2) is 39.5 Å². The Kier molecular flexibility index (Phi) is 3.23. The first kappa shape index (κ1) is 13.4. The molecule has 6 nitrogen and oxygen atoms in total. The minimum Gasteiger partial charge on any atom is -0.395 e.